The topological polar surface area (TPSA) is 72.5 Å². The van der Waals surface area contributed by atoms with Crippen LogP contribution in [0.4, 0.5) is 0 Å². The van der Waals surface area contributed by atoms with E-state index in [1.807, 2.05) is 31.2 Å². The van der Waals surface area contributed by atoms with Crippen molar-refractivity contribution in [2.24, 2.45) is 0 Å². The number of benzene rings is 1. The largest absolute Gasteiger partial charge is 0.494 e. The Hall–Kier alpha value is -1.82. The molecule has 0 bridgehead atoms. The summed E-state index contributed by atoms with van der Waals surface area (Å²) in [6.07, 6.45) is 3.57. The van der Waals surface area contributed by atoms with Gasteiger partial charge in [0.25, 0.3) is 0 Å². The summed E-state index contributed by atoms with van der Waals surface area (Å²) in [6.45, 7) is 4.29. The highest BCUT2D eigenvalue weighted by Crippen LogP contribution is 2.22. The number of rotatable bonds is 5. The highest BCUT2D eigenvalue weighted by atomic mass is 32.2. The molecule has 1 aromatic carbocycles. The number of ether oxygens (including phenoxy) is 1. The quantitative estimate of drug-likeness (QED) is 0.839. The van der Waals surface area contributed by atoms with Crippen LogP contribution in [0.1, 0.15) is 25.8 Å². The first-order valence-electron chi connectivity index (χ1n) is 7.25. The van der Waals surface area contributed by atoms with Gasteiger partial charge in [-0.2, -0.15) is 0 Å². The highest BCUT2D eigenvalue weighted by Gasteiger charge is 2.38. The molecule has 0 saturated carbocycles. The van der Waals surface area contributed by atoms with Crippen LogP contribution in [0.25, 0.3) is 6.08 Å². The van der Waals surface area contributed by atoms with Crippen molar-refractivity contribution in [2.45, 2.75) is 25.8 Å². The minimum Gasteiger partial charge on any atom is -0.494 e. The van der Waals surface area contributed by atoms with Gasteiger partial charge in [-0.05, 0) is 44.0 Å². The van der Waals surface area contributed by atoms with Gasteiger partial charge in [0, 0.05) is 6.08 Å². The van der Waals surface area contributed by atoms with Gasteiger partial charge in [-0.15, -0.1) is 0 Å². The second kappa shape index (κ2) is 6.52. The zero-order chi connectivity index (χ0) is 16.2. The van der Waals surface area contributed by atoms with Crippen LogP contribution in [0.2, 0.25) is 0 Å². The molecule has 1 heterocycles. The first kappa shape index (κ1) is 16.5. The van der Waals surface area contributed by atoms with Crippen LogP contribution in [0.15, 0.2) is 30.3 Å². The summed E-state index contributed by atoms with van der Waals surface area (Å²) in [5, 5.41) is 2.78. The lowest BCUT2D eigenvalue weighted by atomic mass is 10.0. The normalized spacial score (nSPS) is 23.5. The Kier molecular flexibility index (Phi) is 4.90. The highest BCUT2D eigenvalue weighted by molar-refractivity contribution is 7.91. The van der Waals surface area contributed by atoms with Gasteiger partial charge < -0.3 is 10.1 Å². The molecule has 0 radical (unpaired) electrons. The van der Waals surface area contributed by atoms with Crippen LogP contribution in [0.3, 0.4) is 0 Å². The van der Waals surface area contributed by atoms with E-state index < -0.39 is 15.4 Å². The third-order valence-corrected chi connectivity index (χ3v) is 5.45. The molecular formula is C16H21NO4S. The summed E-state index contributed by atoms with van der Waals surface area (Å²) in [6, 6.07) is 7.39. The molecule has 1 amide bonds. The van der Waals surface area contributed by atoms with Gasteiger partial charge in [0.05, 0.1) is 23.7 Å². The molecule has 1 fully saturated rings. The molecule has 1 N–H and O–H groups in total. The Morgan fingerprint density at radius 1 is 1.36 bits per heavy atom. The lowest BCUT2D eigenvalue weighted by Crippen LogP contribution is -2.46. The fraction of sp³-hybridized carbons (Fsp3) is 0.438. The number of carbonyl (C=O) groups is 1. The van der Waals surface area contributed by atoms with Gasteiger partial charge in [0.1, 0.15) is 5.75 Å². The summed E-state index contributed by atoms with van der Waals surface area (Å²) in [5.74, 6) is 0.635. The van der Waals surface area contributed by atoms with E-state index in [0.717, 1.165) is 11.3 Å². The van der Waals surface area contributed by atoms with Crippen molar-refractivity contribution < 1.29 is 17.9 Å². The second-order valence-electron chi connectivity index (χ2n) is 5.73. The van der Waals surface area contributed by atoms with Crippen molar-refractivity contribution in [3.8, 4) is 5.75 Å². The predicted molar refractivity (Wildman–Crippen MR) is 86.5 cm³/mol. The van der Waals surface area contributed by atoms with Gasteiger partial charge in [-0.3, -0.25) is 4.79 Å². The number of sulfone groups is 1. The zero-order valence-corrected chi connectivity index (χ0v) is 13.7. The van der Waals surface area contributed by atoms with Crippen molar-refractivity contribution in [3.63, 3.8) is 0 Å². The predicted octanol–water partition coefficient (Wildman–Crippen LogP) is 1.79. The molecular weight excluding hydrogens is 302 g/mol. The van der Waals surface area contributed by atoms with E-state index in [0.29, 0.717) is 13.0 Å². The molecule has 0 spiro atoms. The number of carbonyl (C=O) groups excluding carboxylic acids is 1. The maximum absolute atomic E-state index is 11.9. The fourth-order valence-corrected chi connectivity index (χ4v) is 4.56. The Morgan fingerprint density at radius 2 is 2.05 bits per heavy atom. The molecule has 1 unspecified atom stereocenters. The van der Waals surface area contributed by atoms with Crippen molar-refractivity contribution in [3.05, 3.63) is 35.9 Å². The van der Waals surface area contributed by atoms with E-state index in [-0.39, 0.29) is 17.4 Å². The van der Waals surface area contributed by atoms with E-state index >= 15 is 0 Å². The number of nitrogens with one attached hydrogen (secondary N) is 1. The van der Waals surface area contributed by atoms with Crippen molar-refractivity contribution in [1.29, 1.82) is 0 Å². The minimum atomic E-state index is -3.03. The standard InChI is InChI=1S/C16H21NO4S/c1-3-21-14-7-4-13(5-8-14)6-9-15(18)17-16(2)10-11-22(19,20)12-16/h4-9H,3,10-12H2,1-2H3,(H,17,18)/b9-6+. The van der Waals surface area contributed by atoms with Crippen LogP contribution < -0.4 is 10.1 Å². The molecule has 5 nitrogen and oxygen atoms in total. The first-order chi connectivity index (χ1) is 10.3. The van der Waals surface area contributed by atoms with E-state index in [1.165, 1.54) is 6.08 Å². The number of hydrogen-bond donors (Lipinski definition) is 1. The summed E-state index contributed by atoms with van der Waals surface area (Å²) in [7, 11) is -3.03. The van der Waals surface area contributed by atoms with E-state index in [9.17, 15) is 13.2 Å². The Bertz CT molecular complexity index is 664. The smallest absolute Gasteiger partial charge is 0.244 e. The van der Waals surface area contributed by atoms with Crippen LogP contribution in [-0.4, -0.2) is 38.0 Å². The molecule has 120 valence electrons. The monoisotopic (exact) mass is 323 g/mol. The van der Waals surface area contributed by atoms with Crippen molar-refractivity contribution in [1.82, 2.24) is 5.32 Å². The summed E-state index contributed by atoms with van der Waals surface area (Å²) in [4.78, 5) is 11.9. The van der Waals surface area contributed by atoms with E-state index in [2.05, 4.69) is 5.32 Å². The Balaban J connectivity index is 1.94. The summed E-state index contributed by atoms with van der Waals surface area (Å²) < 4.78 is 28.4. The third-order valence-electron chi connectivity index (χ3n) is 3.55. The molecule has 0 aromatic heterocycles. The molecule has 22 heavy (non-hydrogen) atoms. The van der Waals surface area contributed by atoms with Crippen LogP contribution in [-0.2, 0) is 14.6 Å². The molecule has 1 aromatic rings. The van der Waals surface area contributed by atoms with Crippen LogP contribution in [0.5, 0.6) is 5.75 Å². The lowest BCUT2D eigenvalue weighted by Gasteiger charge is -2.22. The second-order valence-corrected chi connectivity index (χ2v) is 7.91. The number of hydrogen-bond acceptors (Lipinski definition) is 4. The Morgan fingerprint density at radius 3 is 2.59 bits per heavy atom. The fourth-order valence-electron chi connectivity index (χ4n) is 2.46. The molecule has 2 rings (SSSR count). The molecule has 6 heteroatoms. The van der Waals surface area contributed by atoms with E-state index in [4.69, 9.17) is 4.74 Å². The van der Waals surface area contributed by atoms with Crippen molar-refractivity contribution in [2.75, 3.05) is 18.1 Å². The lowest BCUT2D eigenvalue weighted by molar-refractivity contribution is -0.117. The Labute approximate surface area is 131 Å². The first-order valence-corrected chi connectivity index (χ1v) is 9.08. The van der Waals surface area contributed by atoms with Gasteiger partial charge in [-0.1, -0.05) is 12.1 Å². The summed E-state index contributed by atoms with van der Waals surface area (Å²) >= 11 is 0. The van der Waals surface area contributed by atoms with Gasteiger partial charge >= 0.3 is 0 Å². The average Bonchev–Trinajstić information content (AvgIpc) is 2.72. The SMILES string of the molecule is CCOc1ccc(/C=C/C(=O)NC2(C)CCS(=O)(=O)C2)cc1. The molecule has 1 saturated heterocycles. The molecule has 1 atom stereocenters. The maximum atomic E-state index is 11.9. The van der Waals surface area contributed by atoms with Gasteiger partial charge in [0.15, 0.2) is 9.84 Å². The maximum Gasteiger partial charge on any atom is 0.244 e. The minimum absolute atomic E-state index is 0.00261. The summed E-state index contributed by atoms with van der Waals surface area (Å²) in [5.41, 5.74) is 0.210. The third kappa shape index (κ3) is 4.59. The van der Waals surface area contributed by atoms with Crippen molar-refractivity contribution >= 4 is 21.8 Å². The van der Waals surface area contributed by atoms with Gasteiger partial charge in [-0.25, -0.2) is 8.42 Å². The molecule has 0 aliphatic carbocycles. The molecule has 1 aliphatic heterocycles. The molecule has 1 aliphatic rings. The van der Waals surface area contributed by atoms with Crippen LogP contribution >= 0.6 is 0 Å². The number of amides is 1. The average molecular weight is 323 g/mol. The van der Waals surface area contributed by atoms with Gasteiger partial charge in [0.2, 0.25) is 5.91 Å². The van der Waals surface area contributed by atoms with E-state index in [1.54, 1.807) is 13.0 Å². The van der Waals surface area contributed by atoms with Crippen LogP contribution in [0, 0.1) is 0 Å². The zero-order valence-electron chi connectivity index (χ0n) is 12.8.